The molecular weight excluding hydrogens is 366 g/mol. The highest BCUT2D eigenvalue weighted by atomic mass is 16.3. The lowest BCUT2D eigenvalue weighted by atomic mass is 9.77. The molecule has 7 nitrogen and oxygen atoms in total. The second-order valence-electron chi connectivity index (χ2n) is 7.86. The first-order valence-corrected chi connectivity index (χ1v) is 10.1. The Kier molecular flexibility index (Phi) is 5.49. The number of hydrogen-bond acceptors (Lipinski definition) is 6. The van der Waals surface area contributed by atoms with Gasteiger partial charge in [0.05, 0.1) is 5.69 Å². The molecule has 2 aromatic rings. The molecule has 1 aliphatic carbocycles. The lowest BCUT2D eigenvalue weighted by Gasteiger charge is -2.47. The van der Waals surface area contributed by atoms with E-state index in [4.69, 9.17) is 0 Å². The fourth-order valence-corrected chi connectivity index (χ4v) is 4.38. The van der Waals surface area contributed by atoms with Crippen LogP contribution in [0.1, 0.15) is 24.8 Å². The molecule has 3 fully saturated rings. The van der Waals surface area contributed by atoms with E-state index in [0.717, 1.165) is 24.3 Å². The van der Waals surface area contributed by atoms with Gasteiger partial charge in [0, 0.05) is 44.4 Å². The number of phenols is 1. The number of amides is 1. The van der Waals surface area contributed by atoms with Crippen molar-refractivity contribution < 1.29 is 9.90 Å². The van der Waals surface area contributed by atoms with Crippen LogP contribution < -0.4 is 15.5 Å². The fraction of sp³-hybridized carbons (Fsp3) is 0.409. The summed E-state index contributed by atoms with van der Waals surface area (Å²) in [5.74, 6) is 1.43. The summed E-state index contributed by atoms with van der Waals surface area (Å²) in [6.07, 6.45) is 6.77. The largest absolute Gasteiger partial charge is 0.507 e. The maximum absolute atomic E-state index is 11.3. The first-order chi connectivity index (χ1) is 14.0. The van der Waals surface area contributed by atoms with Gasteiger partial charge in [0.2, 0.25) is 5.91 Å². The third kappa shape index (κ3) is 4.10. The maximum Gasteiger partial charge on any atom is 0.243 e. The van der Waals surface area contributed by atoms with Crippen LogP contribution in [0.5, 0.6) is 5.75 Å². The van der Waals surface area contributed by atoms with Crippen LogP contribution in [-0.4, -0.2) is 53.9 Å². The SMILES string of the molecule is CNC(=O)/C=C/c1ccc(-c2ccc(N(C)[C@@H]3C[C@@H]4CC[C@H]3CN4)nn2)c(O)c1. The van der Waals surface area contributed by atoms with Gasteiger partial charge in [0.25, 0.3) is 0 Å². The van der Waals surface area contributed by atoms with Crippen molar-refractivity contribution in [2.45, 2.75) is 31.3 Å². The standard InChI is InChI=1S/C22H27N5O2/c1-23-22(29)10-4-14-3-7-17(20(28)11-14)18-8-9-21(26-25-18)27(2)19-12-16-6-5-15(19)13-24-16/h3-4,7-11,15-16,19,24,28H,5-6,12-13H2,1-2H3,(H,23,29)/b10-4+/t15-,16-,19+/m0/s1. The number of hydrogen-bond donors (Lipinski definition) is 3. The fourth-order valence-electron chi connectivity index (χ4n) is 4.38. The summed E-state index contributed by atoms with van der Waals surface area (Å²) in [5, 5.41) is 25.3. The van der Waals surface area contributed by atoms with Crippen molar-refractivity contribution in [3.05, 3.63) is 42.0 Å². The van der Waals surface area contributed by atoms with Crippen LogP contribution in [0.4, 0.5) is 5.82 Å². The average Bonchev–Trinajstić information content (AvgIpc) is 2.78. The van der Waals surface area contributed by atoms with Crippen LogP contribution in [0, 0.1) is 5.92 Å². The van der Waals surface area contributed by atoms with Crippen molar-refractivity contribution in [2.75, 3.05) is 25.5 Å². The van der Waals surface area contributed by atoms with Crippen molar-refractivity contribution >= 4 is 17.8 Å². The molecule has 3 aliphatic rings. The zero-order chi connectivity index (χ0) is 20.4. The molecule has 7 heteroatoms. The summed E-state index contributed by atoms with van der Waals surface area (Å²) >= 11 is 0. The highest BCUT2D eigenvalue weighted by Gasteiger charge is 2.37. The Morgan fingerprint density at radius 2 is 2.14 bits per heavy atom. The number of nitrogens with one attached hydrogen (secondary N) is 2. The Balaban J connectivity index is 1.49. The van der Waals surface area contributed by atoms with Crippen LogP contribution in [0.3, 0.4) is 0 Å². The molecule has 2 aliphatic heterocycles. The van der Waals surface area contributed by atoms with E-state index in [1.807, 2.05) is 18.2 Å². The number of carbonyl (C=O) groups is 1. The quantitative estimate of drug-likeness (QED) is 0.675. The minimum Gasteiger partial charge on any atom is -0.507 e. The predicted octanol–water partition coefficient (Wildman–Crippen LogP) is 2.19. The molecular formula is C22H27N5O2. The molecule has 152 valence electrons. The number of fused-ring (bicyclic) bond motifs is 3. The van der Waals surface area contributed by atoms with Gasteiger partial charge in [0.15, 0.2) is 5.82 Å². The van der Waals surface area contributed by atoms with E-state index in [-0.39, 0.29) is 11.7 Å². The minimum absolute atomic E-state index is 0.107. The summed E-state index contributed by atoms with van der Waals surface area (Å²) in [6.45, 7) is 1.08. The van der Waals surface area contributed by atoms with E-state index in [1.165, 1.54) is 18.9 Å². The number of phenolic OH excluding ortho intramolecular Hbond substituents is 1. The zero-order valence-electron chi connectivity index (χ0n) is 16.8. The summed E-state index contributed by atoms with van der Waals surface area (Å²) in [7, 11) is 3.67. The molecule has 1 aromatic carbocycles. The highest BCUT2D eigenvalue weighted by Crippen LogP contribution is 2.34. The molecule has 0 spiro atoms. The zero-order valence-corrected chi connectivity index (χ0v) is 16.8. The summed E-state index contributed by atoms with van der Waals surface area (Å²) in [5.41, 5.74) is 1.97. The third-order valence-electron chi connectivity index (χ3n) is 6.11. The van der Waals surface area contributed by atoms with Gasteiger partial charge >= 0.3 is 0 Å². The van der Waals surface area contributed by atoms with Crippen molar-refractivity contribution in [3.63, 3.8) is 0 Å². The van der Waals surface area contributed by atoms with E-state index >= 15 is 0 Å². The van der Waals surface area contributed by atoms with Crippen molar-refractivity contribution in [1.29, 1.82) is 0 Å². The molecule has 29 heavy (non-hydrogen) atoms. The Labute approximate surface area is 170 Å². The van der Waals surface area contributed by atoms with E-state index in [1.54, 1.807) is 25.3 Å². The lowest BCUT2D eigenvalue weighted by molar-refractivity contribution is -0.115. The number of benzene rings is 1. The van der Waals surface area contributed by atoms with Gasteiger partial charge in [-0.25, -0.2) is 0 Å². The van der Waals surface area contributed by atoms with Crippen LogP contribution in [0.2, 0.25) is 0 Å². The van der Waals surface area contributed by atoms with Gasteiger partial charge in [-0.2, -0.15) is 0 Å². The van der Waals surface area contributed by atoms with Crippen LogP contribution >= 0.6 is 0 Å². The third-order valence-corrected chi connectivity index (χ3v) is 6.11. The van der Waals surface area contributed by atoms with Gasteiger partial charge in [-0.05, 0) is 61.1 Å². The topological polar surface area (TPSA) is 90.4 Å². The van der Waals surface area contributed by atoms with Crippen molar-refractivity contribution in [2.24, 2.45) is 5.92 Å². The van der Waals surface area contributed by atoms with Gasteiger partial charge in [-0.3, -0.25) is 4.79 Å². The molecule has 2 saturated heterocycles. The van der Waals surface area contributed by atoms with Crippen molar-refractivity contribution in [3.8, 4) is 17.0 Å². The second-order valence-corrected chi connectivity index (χ2v) is 7.86. The summed E-state index contributed by atoms with van der Waals surface area (Å²) in [4.78, 5) is 13.6. The predicted molar refractivity (Wildman–Crippen MR) is 114 cm³/mol. The molecule has 1 amide bonds. The van der Waals surface area contributed by atoms with Crippen molar-refractivity contribution in [1.82, 2.24) is 20.8 Å². The second kappa shape index (κ2) is 8.21. The molecule has 1 aromatic heterocycles. The first kappa shape index (κ1) is 19.4. The van der Waals surface area contributed by atoms with Crippen LogP contribution in [0.25, 0.3) is 17.3 Å². The van der Waals surface area contributed by atoms with E-state index in [0.29, 0.717) is 29.3 Å². The van der Waals surface area contributed by atoms with E-state index < -0.39 is 0 Å². The molecule has 3 N–H and O–H groups in total. The number of rotatable bonds is 5. The molecule has 0 radical (unpaired) electrons. The Hall–Kier alpha value is -2.93. The van der Waals surface area contributed by atoms with Gasteiger partial charge < -0.3 is 20.6 Å². The Bertz CT molecular complexity index is 904. The van der Waals surface area contributed by atoms with Gasteiger partial charge in [-0.1, -0.05) is 6.07 Å². The van der Waals surface area contributed by atoms with Gasteiger partial charge in [-0.15, -0.1) is 10.2 Å². The number of nitrogens with zero attached hydrogens (tertiary/aromatic N) is 3. The highest BCUT2D eigenvalue weighted by molar-refractivity contribution is 5.91. The number of likely N-dealkylation sites (N-methyl/N-ethyl adjacent to an activating group) is 1. The maximum atomic E-state index is 11.3. The number of piperidine rings is 2. The van der Waals surface area contributed by atoms with Gasteiger partial charge in [0.1, 0.15) is 5.75 Å². The number of aromatic hydroxyl groups is 1. The van der Waals surface area contributed by atoms with E-state index in [2.05, 4.69) is 32.8 Å². The Morgan fingerprint density at radius 1 is 1.28 bits per heavy atom. The lowest BCUT2D eigenvalue weighted by Crippen LogP contribution is -2.56. The smallest absolute Gasteiger partial charge is 0.243 e. The molecule has 3 atom stereocenters. The number of aromatic nitrogens is 2. The Morgan fingerprint density at radius 3 is 2.72 bits per heavy atom. The molecule has 1 saturated carbocycles. The van der Waals surface area contributed by atoms with Crippen LogP contribution in [0.15, 0.2) is 36.4 Å². The normalized spacial score (nSPS) is 23.3. The first-order valence-electron chi connectivity index (χ1n) is 10.1. The monoisotopic (exact) mass is 393 g/mol. The molecule has 2 bridgehead atoms. The molecule has 3 heterocycles. The molecule has 5 rings (SSSR count). The number of anilines is 1. The van der Waals surface area contributed by atoms with Crippen LogP contribution in [-0.2, 0) is 4.79 Å². The van der Waals surface area contributed by atoms with E-state index in [9.17, 15) is 9.90 Å². The summed E-state index contributed by atoms with van der Waals surface area (Å²) in [6, 6.07) is 10.2. The average molecular weight is 393 g/mol. The molecule has 0 unspecified atom stereocenters. The number of carbonyl (C=O) groups excluding carboxylic acids is 1. The minimum atomic E-state index is -0.193. The summed E-state index contributed by atoms with van der Waals surface area (Å²) < 4.78 is 0.